The average molecular weight is 329 g/mol. The summed E-state index contributed by atoms with van der Waals surface area (Å²) in [7, 11) is -3.51. The van der Waals surface area contributed by atoms with Gasteiger partial charge in [0.05, 0.1) is 29.1 Å². The van der Waals surface area contributed by atoms with Crippen molar-refractivity contribution in [3.8, 4) is 11.8 Å². The van der Waals surface area contributed by atoms with Crippen molar-refractivity contribution in [2.75, 3.05) is 23.6 Å². The molecular weight excluding hydrogens is 312 g/mol. The molecular formula is C14H17ClN2O3S. The fourth-order valence-electron chi connectivity index (χ4n) is 2.06. The quantitative estimate of drug-likeness (QED) is 0.822. The molecule has 1 aliphatic rings. The Morgan fingerprint density at radius 2 is 2.29 bits per heavy atom. The van der Waals surface area contributed by atoms with Crippen molar-refractivity contribution in [2.24, 2.45) is 5.73 Å². The number of nitrogens with one attached hydrogen (secondary N) is 1. The first-order valence-corrected chi connectivity index (χ1v) is 8.64. The number of hydrogen-bond acceptors (Lipinski definition) is 4. The van der Waals surface area contributed by atoms with Crippen molar-refractivity contribution in [3.63, 3.8) is 0 Å². The average Bonchev–Trinajstić information content (AvgIpc) is 2.91. The zero-order valence-corrected chi connectivity index (χ0v) is 13.0. The summed E-state index contributed by atoms with van der Waals surface area (Å²) < 4.78 is 32.1. The summed E-state index contributed by atoms with van der Waals surface area (Å²) in [5.74, 6) is 5.48. The summed E-state index contributed by atoms with van der Waals surface area (Å²) in [5, 5.41) is 0.323. The van der Waals surface area contributed by atoms with E-state index in [1.165, 1.54) is 0 Å². The summed E-state index contributed by atoms with van der Waals surface area (Å²) in [4.78, 5) is 0. The number of rotatable bonds is 4. The molecule has 21 heavy (non-hydrogen) atoms. The largest absolute Gasteiger partial charge is 0.377 e. The normalized spacial score (nSPS) is 18.1. The van der Waals surface area contributed by atoms with E-state index in [1.807, 2.05) is 0 Å². The first kappa shape index (κ1) is 16.1. The summed E-state index contributed by atoms with van der Waals surface area (Å²) in [5.41, 5.74) is 6.28. The first-order chi connectivity index (χ1) is 10.00. The molecule has 3 N–H and O–H groups in total. The van der Waals surface area contributed by atoms with Gasteiger partial charge >= 0.3 is 0 Å². The maximum Gasteiger partial charge on any atom is 0.235 e. The van der Waals surface area contributed by atoms with Gasteiger partial charge in [-0.25, -0.2) is 8.42 Å². The van der Waals surface area contributed by atoms with Gasteiger partial charge in [-0.05, 0) is 31.0 Å². The predicted octanol–water partition coefficient (Wildman–Crippen LogP) is 1.57. The Kier molecular flexibility index (Phi) is 5.48. The lowest BCUT2D eigenvalue weighted by molar-refractivity contribution is 0.127. The van der Waals surface area contributed by atoms with Crippen molar-refractivity contribution in [2.45, 2.75) is 18.9 Å². The summed E-state index contributed by atoms with van der Waals surface area (Å²) in [6, 6.07) is 4.91. The number of ether oxygens (including phenoxy) is 1. The fourth-order valence-corrected chi connectivity index (χ4v) is 3.62. The number of nitrogens with two attached hydrogens (primary N) is 1. The highest BCUT2D eigenvalue weighted by molar-refractivity contribution is 7.92. The van der Waals surface area contributed by atoms with Crippen molar-refractivity contribution in [1.82, 2.24) is 0 Å². The van der Waals surface area contributed by atoms with E-state index in [0.29, 0.717) is 22.9 Å². The van der Waals surface area contributed by atoms with Gasteiger partial charge in [-0.3, -0.25) is 4.72 Å². The van der Waals surface area contributed by atoms with Crippen LogP contribution >= 0.6 is 11.6 Å². The molecule has 0 bridgehead atoms. The molecule has 0 radical (unpaired) electrons. The molecule has 0 aliphatic carbocycles. The lowest BCUT2D eigenvalue weighted by atomic mass is 10.2. The van der Waals surface area contributed by atoms with Crippen molar-refractivity contribution in [3.05, 3.63) is 28.8 Å². The molecule has 1 heterocycles. The zero-order valence-electron chi connectivity index (χ0n) is 11.4. The second-order valence-electron chi connectivity index (χ2n) is 4.72. The fraction of sp³-hybridized carbons (Fsp3) is 0.429. The minimum absolute atomic E-state index is 0.0674. The zero-order chi connectivity index (χ0) is 15.3. The van der Waals surface area contributed by atoms with E-state index in [-0.39, 0.29) is 18.4 Å². The summed E-state index contributed by atoms with van der Waals surface area (Å²) in [6.45, 7) is 0.855. The molecule has 114 valence electrons. The Balaban J connectivity index is 2.13. The molecule has 1 fully saturated rings. The number of hydrogen-bond donors (Lipinski definition) is 2. The van der Waals surface area contributed by atoms with Gasteiger partial charge in [0.2, 0.25) is 10.0 Å². The Bertz CT molecular complexity index is 659. The SMILES string of the molecule is NCC#Cc1ccc(Cl)c(NS(=O)(=O)CC2CCCO2)c1. The molecule has 2 rings (SSSR count). The van der Waals surface area contributed by atoms with Gasteiger partial charge in [0.15, 0.2) is 0 Å². The molecule has 1 saturated heterocycles. The second kappa shape index (κ2) is 7.14. The van der Waals surface area contributed by atoms with E-state index in [2.05, 4.69) is 16.6 Å². The van der Waals surface area contributed by atoms with Crippen LogP contribution in [0.1, 0.15) is 18.4 Å². The van der Waals surface area contributed by atoms with E-state index >= 15 is 0 Å². The molecule has 0 spiro atoms. The lowest BCUT2D eigenvalue weighted by Crippen LogP contribution is -2.25. The van der Waals surface area contributed by atoms with Gasteiger partial charge in [0, 0.05) is 12.2 Å². The van der Waals surface area contributed by atoms with Crippen LogP contribution in [-0.4, -0.2) is 33.4 Å². The minimum Gasteiger partial charge on any atom is -0.377 e. The Labute approximate surface area is 129 Å². The summed E-state index contributed by atoms with van der Waals surface area (Å²) in [6.07, 6.45) is 1.41. The van der Waals surface area contributed by atoms with Gasteiger partial charge in [-0.2, -0.15) is 0 Å². The Morgan fingerprint density at radius 1 is 1.48 bits per heavy atom. The first-order valence-electron chi connectivity index (χ1n) is 6.61. The van der Waals surface area contributed by atoms with Crippen LogP contribution < -0.4 is 10.5 Å². The van der Waals surface area contributed by atoms with Crippen LogP contribution in [0.15, 0.2) is 18.2 Å². The Hall–Kier alpha value is -1.26. The van der Waals surface area contributed by atoms with Crippen molar-refractivity contribution in [1.29, 1.82) is 0 Å². The van der Waals surface area contributed by atoms with Gasteiger partial charge in [0.25, 0.3) is 0 Å². The van der Waals surface area contributed by atoms with E-state index in [4.69, 9.17) is 22.1 Å². The van der Waals surface area contributed by atoms with Crippen LogP contribution in [0.5, 0.6) is 0 Å². The monoisotopic (exact) mass is 328 g/mol. The van der Waals surface area contributed by atoms with E-state index in [0.717, 1.165) is 12.8 Å². The molecule has 1 atom stereocenters. The standard InChI is InChI=1S/C14H17ClN2O3S/c15-13-6-5-11(3-1-7-16)9-14(13)17-21(18,19)10-12-4-2-8-20-12/h5-6,9,12,17H,2,4,7-8,10,16H2. The highest BCUT2D eigenvalue weighted by atomic mass is 35.5. The van der Waals surface area contributed by atoms with E-state index < -0.39 is 10.0 Å². The number of sulfonamides is 1. The number of halogens is 1. The molecule has 1 aromatic carbocycles. The molecule has 1 unspecified atom stereocenters. The summed E-state index contributed by atoms with van der Waals surface area (Å²) >= 11 is 6.02. The van der Waals surface area contributed by atoms with Gasteiger partial charge in [-0.1, -0.05) is 23.4 Å². The molecule has 0 saturated carbocycles. The van der Waals surface area contributed by atoms with Crippen LogP contribution in [0.2, 0.25) is 5.02 Å². The molecule has 5 nitrogen and oxygen atoms in total. The smallest absolute Gasteiger partial charge is 0.235 e. The topological polar surface area (TPSA) is 81.4 Å². The second-order valence-corrected chi connectivity index (χ2v) is 6.89. The third-order valence-electron chi connectivity index (χ3n) is 3.00. The molecule has 0 amide bonds. The molecule has 1 aromatic rings. The van der Waals surface area contributed by atoms with Gasteiger partial charge in [-0.15, -0.1) is 0 Å². The van der Waals surface area contributed by atoms with Crippen LogP contribution in [0.25, 0.3) is 0 Å². The third-order valence-corrected chi connectivity index (χ3v) is 4.67. The van der Waals surface area contributed by atoms with Crippen molar-refractivity contribution < 1.29 is 13.2 Å². The molecule has 7 heteroatoms. The van der Waals surface area contributed by atoms with E-state index in [9.17, 15) is 8.42 Å². The van der Waals surface area contributed by atoms with Crippen LogP contribution in [0.3, 0.4) is 0 Å². The number of benzene rings is 1. The molecule has 1 aliphatic heterocycles. The minimum atomic E-state index is -3.51. The van der Waals surface area contributed by atoms with Crippen LogP contribution in [0.4, 0.5) is 5.69 Å². The highest BCUT2D eigenvalue weighted by Gasteiger charge is 2.23. The lowest BCUT2D eigenvalue weighted by Gasteiger charge is -2.13. The number of anilines is 1. The van der Waals surface area contributed by atoms with Gasteiger partial charge in [0.1, 0.15) is 0 Å². The predicted molar refractivity (Wildman–Crippen MR) is 83.8 cm³/mol. The van der Waals surface area contributed by atoms with E-state index in [1.54, 1.807) is 18.2 Å². The van der Waals surface area contributed by atoms with Crippen LogP contribution in [0, 0.1) is 11.8 Å². The highest BCUT2D eigenvalue weighted by Crippen LogP contribution is 2.24. The van der Waals surface area contributed by atoms with Crippen molar-refractivity contribution >= 4 is 27.3 Å². The van der Waals surface area contributed by atoms with Gasteiger partial charge < -0.3 is 10.5 Å². The van der Waals surface area contributed by atoms with Crippen LogP contribution in [-0.2, 0) is 14.8 Å². The Morgan fingerprint density at radius 3 is 2.95 bits per heavy atom. The maximum absolute atomic E-state index is 12.1. The maximum atomic E-state index is 12.1. The third kappa shape index (κ3) is 4.90. The molecule has 0 aromatic heterocycles.